The van der Waals surface area contributed by atoms with Crippen LogP contribution < -0.4 is 15.6 Å². The van der Waals surface area contributed by atoms with Crippen molar-refractivity contribution in [2.24, 2.45) is 0 Å². The number of nitrogens with zero attached hydrogens (tertiary/aromatic N) is 2. The lowest BCUT2D eigenvalue weighted by atomic mass is 10.0. The molecule has 4 aromatic rings. The Morgan fingerprint density at radius 2 is 1.87 bits per heavy atom. The van der Waals surface area contributed by atoms with E-state index in [2.05, 4.69) is 10.3 Å². The second kappa shape index (κ2) is 8.73. The summed E-state index contributed by atoms with van der Waals surface area (Å²) in [6.45, 7) is 6.26. The van der Waals surface area contributed by atoms with Gasteiger partial charge >= 0.3 is 0 Å². The number of hydrogen-bond acceptors (Lipinski definition) is 5. The molecule has 158 valence electrons. The third-order valence-electron chi connectivity index (χ3n) is 4.97. The Kier molecular flexibility index (Phi) is 5.86. The Morgan fingerprint density at radius 3 is 2.61 bits per heavy atom. The van der Waals surface area contributed by atoms with Crippen LogP contribution in [0.25, 0.3) is 21.3 Å². The van der Waals surface area contributed by atoms with Gasteiger partial charge in [0.15, 0.2) is 0 Å². The molecule has 1 N–H and O–H groups in total. The van der Waals surface area contributed by atoms with Gasteiger partial charge in [0.05, 0.1) is 24.0 Å². The molecule has 0 unspecified atom stereocenters. The zero-order valence-electron chi connectivity index (χ0n) is 17.6. The summed E-state index contributed by atoms with van der Waals surface area (Å²) in [5.41, 5.74) is 3.36. The number of hydrogen-bond donors (Lipinski definition) is 1. The number of ether oxygens (including phenoxy) is 1. The normalized spacial score (nSPS) is 10.9. The fourth-order valence-electron chi connectivity index (χ4n) is 3.51. The summed E-state index contributed by atoms with van der Waals surface area (Å²) in [5.74, 6) is 0.272. The zero-order valence-corrected chi connectivity index (χ0v) is 18.5. The van der Waals surface area contributed by atoms with Gasteiger partial charge in [-0.25, -0.2) is 4.98 Å². The third-order valence-corrected chi connectivity index (χ3v) is 5.98. The van der Waals surface area contributed by atoms with Crippen molar-refractivity contribution in [3.8, 4) is 16.9 Å². The first kappa shape index (κ1) is 20.8. The largest absolute Gasteiger partial charge is 0.492 e. The number of fused-ring (bicyclic) bond motifs is 1. The Bertz CT molecular complexity index is 1310. The first-order valence-corrected chi connectivity index (χ1v) is 10.9. The Labute approximate surface area is 184 Å². The van der Waals surface area contributed by atoms with Gasteiger partial charge in [0.25, 0.3) is 5.56 Å². The number of nitrogens with one attached hydrogen (secondary N) is 1. The van der Waals surface area contributed by atoms with Crippen molar-refractivity contribution in [3.63, 3.8) is 0 Å². The molecule has 0 aliphatic carbocycles. The lowest BCUT2D eigenvalue weighted by Gasteiger charge is -2.12. The summed E-state index contributed by atoms with van der Waals surface area (Å²) in [6.07, 6.45) is 1.44. The fraction of sp³-hybridized carbons (Fsp3) is 0.208. The lowest BCUT2D eigenvalue weighted by molar-refractivity contribution is -0.116. The summed E-state index contributed by atoms with van der Waals surface area (Å²) >= 11 is 1.49. The van der Waals surface area contributed by atoms with Crippen LogP contribution in [0.3, 0.4) is 0 Å². The van der Waals surface area contributed by atoms with Crippen LogP contribution in [0.5, 0.6) is 5.75 Å². The summed E-state index contributed by atoms with van der Waals surface area (Å²) in [6, 6.07) is 15.3. The van der Waals surface area contributed by atoms with E-state index in [0.29, 0.717) is 28.3 Å². The van der Waals surface area contributed by atoms with E-state index in [-0.39, 0.29) is 18.0 Å². The zero-order chi connectivity index (χ0) is 22.0. The van der Waals surface area contributed by atoms with Crippen LogP contribution in [0.15, 0.2) is 59.7 Å². The molecule has 4 rings (SSSR count). The molecule has 2 aromatic heterocycles. The quantitative estimate of drug-likeness (QED) is 0.475. The van der Waals surface area contributed by atoms with Crippen molar-refractivity contribution in [2.45, 2.75) is 27.3 Å². The number of benzene rings is 2. The minimum Gasteiger partial charge on any atom is -0.492 e. The van der Waals surface area contributed by atoms with Crippen LogP contribution >= 0.6 is 11.3 Å². The number of rotatable bonds is 6. The highest BCUT2D eigenvalue weighted by molar-refractivity contribution is 7.19. The van der Waals surface area contributed by atoms with Crippen molar-refractivity contribution in [1.29, 1.82) is 0 Å². The van der Waals surface area contributed by atoms with E-state index in [1.165, 1.54) is 22.2 Å². The molecule has 0 fully saturated rings. The molecule has 0 aliphatic rings. The first-order chi connectivity index (χ1) is 15.0. The summed E-state index contributed by atoms with van der Waals surface area (Å²) < 4.78 is 6.90. The number of anilines is 1. The topological polar surface area (TPSA) is 73.2 Å². The summed E-state index contributed by atoms with van der Waals surface area (Å²) in [7, 11) is 0. The highest BCUT2D eigenvalue weighted by atomic mass is 32.1. The maximum atomic E-state index is 13.3. The number of para-hydroxylation sites is 2. The van der Waals surface area contributed by atoms with Gasteiger partial charge in [-0.2, -0.15) is 0 Å². The fourth-order valence-corrected chi connectivity index (χ4v) is 4.52. The predicted molar refractivity (Wildman–Crippen MR) is 125 cm³/mol. The van der Waals surface area contributed by atoms with Crippen molar-refractivity contribution in [2.75, 3.05) is 11.9 Å². The van der Waals surface area contributed by atoms with Gasteiger partial charge in [-0.3, -0.25) is 14.2 Å². The second-order valence-corrected chi connectivity index (χ2v) is 8.44. The van der Waals surface area contributed by atoms with Gasteiger partial charge in [0.2, 0.25) is 5.91 Å². The lowest BCUT2D eigenvalue weighted by Crippen LogP contribution is -2.28. The summed E-state index contributed by atoms with van der Waals surface area (Å²) in [4.78, 5) is 32.1. The number of carbonyl (C=O) groups is 1. The van der Waals surface area contributed by atoms with Gasteiger partial charge in [-0.15, -0.1) is 11.3 Å². The maximum absolute atomic E-state index is 13.3. The molecular weight excluding hydrogens is 410 g/mol. The highest BCUT2D eigenvalue weighted by Gasteiger charge is 2.18. The van der Waals surface area contributed by atoms with E-state index >= 15 is 0 Å². The number of aryl methyl sites for hydroxylation is 2. The molecule has 2 heterocycles. The van der Waals surface area contributed by atoms with Gasteiger partial charge in [0.1, 0.15) is 17.1 Å². The van der Waals surface area contributed by atoms with E-state index in [4.69, 9.17) is 4.74 Å². The van der Waals surface area contributed by atoms with Crippen molar-refractivity contribution in [1.82, 2.24) is 9.55 Å². The van der Waals surface area contributed by atoms with Gasteiger partial charge in [0, 0.05) is 10.4 Å². The molecular formula is C24H23N3O3S. The van der Waals surface area contributed by atoms with Crippen LogP contribution in [0, 0.1) is 13.8 Å². The van der Waals surface area contributed by atoms with Gasteiger partial charge in [-0.1, -0.05) is 42.0 Å². The highest BCUT2D eigenvalue weighted by Crippen LogP contribution is 2.35. The van der Waals surface area contributed by atoms with Crippen LogP contribution in [0.1, 0.15) is 17.4 Å². The average molecular weight is 434 g/mol. The Hall–Kier alpha value is -3.45. The van der Waals surface area contributed by atoms with Crippen LogP contribution in [0.2, 0.25) is 0 Å². The molecule has 0 saturated heterocycles. The monoisotopic (exact) mass is 433 g/mol. The van der Waals surface area contributed by atoms with E-state index in [0.717, 1.165) is 21.6 Å². The van der Waals surface area contributed by atoms with E-state index in [9.17, 15) is 9.59 Å². The summed E-state index contributed by atoms with van der Waals surface area (Å²) in [5, 5.41) is 3.38. The second-order valence-electron chi connectivity index (χ2n) is 7.23. The number of carbonyl (C=O) groups excluding carboxylic acids is 1. The number of amides is 1. The molecule has 0 radical (unpaired) electrons. The van der Waals surface area contributed by atoms with Crippen LogP contribution in [-0.4, -0.2) is 22.1 Å². The third kappa shape index (κ3) is 4.22. The smallest absolute Gasteiger partial charge is 0.263 e. The molecule has 0 aliphatic heterocycles. The predicted octanol–water partition coefficient (Wildman–Crippen LogP) is 4.78. The molecule has 6 nitrogen and oxygen atoms in total. The van der Waals surface area contributed by atoms with Crippen molar-refractivity contribution in [3.05, 3.63) is 75.7 Å². The van der Waals surface area contributed by atoms with Gasteiger partial charge in [-0.05, 0) is 38.5 Å². The molecule has 0 saturated carbocycles. The van der Waals surface area contributed by atoms with Gasteiger partial charge < -0.3 is 10.1 Å². The standard InChI is InChI=1S/C24H23N3O3S/c1-4-30-19-8-6-5-7-18(19)26-20(28)13-27-14-25-23-22(24(27)29)21(16(3)31-23)17-11-9-15(2)10-12-17/h5-12,14H,4,13H2,1-3H3,(H,26,28). The average Bonchev–Trinajstić information content (AvgIpc) is 3.09. The molecule has 31 heavy (non-hydrogen) atoms. The molecule has 0 bridgehead atoms. The maximum Gasteiger partial charge on any atom is 0.263 e. The van der Waals surface area contributed by atoms with Crippen molar-refractivity contribution >= 4 is 33.1 Å². The molecule has 1 amide bonds. The van der Waals surface area contributed by atoms with Crippen molar-refractivity contribution < 1.29 is 9.53 Å². The SMILES string of the molecule is CCOc1ccccc1NC(=O)Cn1cnc2sc(C)c(-c3ccc(C)cc3)c2c1=O. The number of thiophene rings is 1. The molecule has 7 heteroatoms. The minimum atomic E-state index is -0.320. The Balaban J connectivity index is 1.67. The van der Waals surface area contributed by atoms with E-state index < -0.39 is 0 Å². The number of aromatic nitrogens is 2. The molecule has 0 spiro atoms. The van der Waals surface area contributed by atoms with E-state index in [1.54, 1.807) is 12.1 Å². The molecule has 0 atom stereocenters. The molecule has 2 aromatic carbocycles. The van der Waals surface area contributed by atoms with Crippen LogP contribution in [-0.2, 0) is 11.3 Å². The van der Waals surface area contributed by atoms with E-state index in [1.807, 2.05) is 57.2 Å². The minimum absolute atomic E-state index is 0.134. The first-order valence-electron chi connectivity index (χ1n) is 10.0. The van der Waals surface area contributed by atoms with Crippen LogP contribution in [0.4, 0.5) is 5.69 Å². The Morgan fingerprint density at radius 1 is 1.13 bits per heavy atom.